The maximum atomic E-state index is 11.9. The second kappa shape index (κ2) is 4.84. The summed E-state index contributed by atoms with van der Waals surface area (Å²) in [6.07, 6.45) is 3.15. The van der Waals surface area contributed by atoms with Gasteiger partial charge in [-0.1, -0.05) is 6.07 Å². The molecule has 2 atom stereocenters. The summed E-state index contributed by atoms with van der Waals surface area (Å²) >= 11 is 0. The van der Waals surface area contributed by atoms with Crippen molar-refractivity contribution in [1.29, 1.82) is 0 Å². The summed E-state index contributed by atoms with van der Waals surface area (Å²) < 4.78 is 0. The molecule has 0 aliphatic carbocycles. The van der Waals surface area contributed by atoms with Gasteiger partial charge in [0.05, 0.1) is 6.04 Å². The van der Waals surface area contributed by atoms with Crippen LogP contribution in [0.25, 0.3) is 0 Å². The van der Waals surface area contributed by atoms with Crippen LogP contribution in [0.5, 0.6) is 0 Å². The van der Waals surface area contributed by atoms with E-state index in [0.717, 1.165) is 17.7 Å². The number of likely N-dealkylation sites (tertiary alicyclic amines) is 1. The van der Waals surface area contributed by atoms with Crippen molar-refractivity contribution in [3.8, 4) is 0 Å². The summed E-state index contributed by atoms with van der Waals surface area (Å²) in [6.45, 7) is 4.64. The average molecular weight is 233 g/mol. The first-order valence-electron chi connectivity index (χ1n) is 6.11. The fourth-order valence-electron chi connectivity index (χ4n) is 2.43. The lowest BCUT2D eigenvalue weighted by molar-refractivity contribution is -0.137. The van der Waals surface area contributed by atoms with Crippen molar-refractivity contribution in [1.82, 2.24) is 9.88 Å². The van der Waals surface area contributed by atoms with Gasteiger partial charge >= 0.3 is 0 Å². The molecule has 2 N–H and O–H groups in total. The summed E-state index contributed by atoms with van der Waals surface area (Å²) in [5, 5.41) is 0. The van der Waals surface area contributed by atoms with Crippen LogP contribution in [0.3, 0.4) is 0 Å². The van der Waals surface area contributed by atoms with E-state index >= 15 is 0 Å². The maximum absolute atomic E-state index is 11.9. The van der Waals surface area contributed by atoms with Crippen molar-refractivity contribution in [3.05, 3.63) is 29.6 Å². The van der Waals surface area contributed by atoms with E-state index in [1.165, 1.54) is 0 Å². The molecule has 1 fully saturated rings. The van der Waals surface area contributed by atoms with Gasteiger partial charge in [-0.2, -0.15) is 0 Å². The fraction of sp³-hybridized carbons (Fsp3) is 0.538. The number of amides is 1. The van der Waals surface area contributed by atoms with E-state index in [1.54, 1.807) is 0 Å². The zero-order valence-corrected chi connectivity index (χ0v) is 10.4. The molecule has 2 unspecified atom stereocenters. The second-order valence-corrected chi connectivity index (χ2v) is 4.56. The number of aryl methyl sites for hydroxylation is 1. The number of hydrogen-bond donors (Lipinski definition) is 1. The van der Waals surface area contributed by atoms with Crippen LogP contribution in [-0.4, -0.2) is 28.4 Å². The standard InChI is InChI=1S/C13H19N3O/c1-3-16-12(17)7-6-11(14)13(16)10-5-4-9(2)15-8-10/h4-5,8,11,13H,3,6-7,14H2,1-2H3. The highest BCUT2D eigenvalue weighted by Crippen LogP contribution is 2.30. The third kappa shape index (κ3) is 2.31. The molecule has 1 saturated heterocycles. The number of nitrogens with zero attached hydrogens (tertiary/aromatic N) is 2. The van der Waals surface area contributed by atoms with Crippen molar-refractivity contribution in [2.45, 2.75) is 38.8 Å². The molecule has 0 aromatic carbocycles. The minimum atomic E-state index is -0.0191. The first-order chi connectivity index (χ1) is 8.13. The number of aromatic nitrogens is 1. The van der Waals surface area contributed by atoms with Crippen LogP contribution in [0.15, 0.2) is 18.3 Å². The lowest BCUT2D eigenvalue weighted by atomic mass is 9.91. The van der Waals surface area contributed by atoms with Gasteiger partial charge in [-0.3, -0.25) is 9.78 Å². The van der Waals surface area contributed by atoms with E-state index < -0.39 is 0 Å². The Hall–Kier alpha value is -1.42. The van der Waals surface area contributed by atoms with Gasteiger partial charge in [-0.15, -0.1) is 0 Å². The Bertz CT molecular complexity index is 402. The molecule has 1 amide bonds. The second-order valence-electron chi connectivity index (χ2n) is 4.56. The Kier molecular flexibility index (Phi) is 3.43. The highest BCUT2D eigenvalue weighted by molar-refractivity contribution is 5.77. The third-order valence-electron chi connectivity index (χ3n) is 3.37. The van der Waals surface area contributed by atoms with Crippen molar-refractivity contribution in [2.24, 2.45) is 5.73 Å². The van der Waals surface area contributed by atoms with Crippen molar-refractivity contribution in [3.63, 3.8) is 0 Å². The monoisotopic (exact) mass is 233 g/mol. The van der Waals surface area contributed by atoms with Gasteiger partial charge in [-0.05, 0) is 31.9 Å². The minimum Gasteiger partial charge on any atom is -0.334 e. The normalized spacial score (nSPS) is 25.1. The quantitative estimate of drug-likeness (QED) is 0.840. The number of likely N-dealkylation sites (N-methyl/N-ethyl adjacent to an activating group) is 1. The number of rotatable bonds is 2. The first kappa shape index (κ1) is 12.0. The van der Waals surface area contributed by atoms with Crippen LogP contribution in [0.2, 0.25) is 0 Å². The van der Waals surface area contributed by atoms with Crippen molar-refractivity contribution < 1.29 is 4.79 Å². The molecule has 92 valence electrons. The molecule has 2 rings (SSSR count). The number of pyridine rings is 1. The Morgan fingerprint density at radius 3 is 2.88 bits per heavy atom. The van der Waals surface area contributed by atoms with Crippen LogP contribution in [0.1, 0.15) is 37.1 Å². The molecule has 1 aromatic heterocycles. The Morgan fingerprint density at radius 2 is 2.29 bits per heavy atom. The summed E-state index contributed by atoms with van der Waals surface area (Å²) in [5.41, 5.74) is 8.17. The molecule has 4 heteroatoms. The van der Waals surface area contributed by atoms with Crippen molar-refractivity contribution >= 4 is 5.91 Å². The fourth-order valence-corrected chi connectivity index (χ4v) is 2.43. The number of carbonyl (C=O) groups excluding carboxylic acids is 1. The largest absolute Gasteiger partial charge is 0.334 e. The summed E-state index contributed by atoms with van der Waals surface area (Å²) in [6, 6.07) is 3.98. The predicted molar refractivity (Wildman–Crippen MR) is 66.3 cm³/mol. The van der Waals surface area contributed by atoms with Gasteiger partial charge in [0.25, 0.3) is 0 Å². The van der Waals surface area contributed by atoms with Gasteiger partial charge in [0.15, 0.2) is 0 Å². The van der Waals surface area contributed by atoms with Crippen LogP contribution in [0.4, 0.5) is 0 Å². The maximum Gasteiger partial charge on any atom is 0.223 e. The number of hydrogen-bond acceptors (Lipinski definition) is 3. The van der Waals surface area contributed by atoms with Crippen LogP contribution >= 0.6 is 0 Å². The molecule has 4 nitrogen and oxygen atoms in total. The smallest absolute Gasteiger partial charge is 0.223 e. The SMILES string of the molecule is CCN1C(=O)CCC(N)C1c1ccc(C)nc1. The molecular formula is C13H19N3O. The molecule has 0 bridgehead atoms. The highest BCUT2D eigenvalue weighted by Gasteiger charge is 2.33. The number of nitrogens with two attached hydrogens (primary N) is 1. The highest BCUT2D eigenvalue weighted by atomic mass is 16.2. The van der Waals surface area contributed by atoms with Crippen LogP contribution < -0.4 is 5.73 Å². The van der Waals surface area contributed by atoms with Crippen LogP contribution in [0, 0.1) is 6.92 Å². The van der Waals surface area contributed by atoms with Gasteiger partial charge < -0.3 is 10.6 Å². The van der Waals surface area contributed by atoms with E-state index in [4.69, 9.17) is 5.73 Å². The van der Waals surface area contributed by atoms with E-state index in [-0.39, 0.29) is 18.0 Å². The third-order valence-corrected chi connectivity index (χ3v) is 3.37. The van der Waals surface area contributed by atoms with Crippen LogP contribution in [-0.2, 0) is 4.79 Å². The lowest BCUT2D eigenvalue weighted by Gasteiger charge is -2.39. The average Bonchev–Trinajstić information content (AvgIpc) is 2.33. The Labute approximate surface area is 102 Å². The summed E-state index contributed by atoms with van der Waals surface area (Å²) in [7, 11) is 0. The molecule has 1 aliphatic heterocycles. The molecular weight excluding hydrogens is 214 g/mol. The van der Waals surface area contributed by atoms with Gasteiger partial charge in [0.1, 0.15) is 0 Å². The Balaban J connectivity index is 2.32. The molecule has 0 saturated carbocycles. The van der Waals surface area contributed by atoms with E-state index in [2.05, 4.69) is 4.98 Å². The van der Waals surface area contributed by atoms with Gasteiger partial charge in [-0.25, -0.2) is 0 Å². The minimum absolute atomic E-state index is 0.0113. The molecule has 17 heavy (non-hydrogen) atoms. The molecule has 1 aliphatic rings. The first-order valence-corrected chi connectivity index (χ1v) is 6.11. The predicted octanol–water partition coefficient (Wildman–Crippen LogP) is 1.40. The van der Waals surface area contributed by atoms with Gasteiger partial charge in [0.2, 0.25) is 5.91 Å². The molecule has 0 radical (unpaired) electrons. The molecule has 0 spiro atoms. The zero-order chi connectivity index (χ0) is 12.4. The summed E-state index contributed by atoms with van der Waals surface area (Å²) in [5.74, 6) is 0.194. The van der Waals surface area contributed by atoms with E-state index in [1.807, 2.05) is 37.1 Å². The molecule has 2 heterocycles. The number of carbonyl (C=O) groups is 1. The van der Waals surface area contributed by atoms with E-state index in [0.29, 0.717) is 13.0 Å². The summed E-state index contributed by atoms with van der Waals surface area (Å²) in [4.78, 5) is 18.0. The molecule has 1 aromatic rings. The van der Waals surface area contributed by atoms with Crippen molar-refractivity contribution in [2.75, 3.05) is 6.54 Å². The zero-order valence-electron chi connectivity index (χ0n) is 10.4. The van der Waals surface area contributed by atoms with Gasteiger partial charge in [0, 0.05) is 30.9 Å². The topological polar surface area (TPSA) is 59.2 Å². The van der Waals surface area contributed by atoms with E-state index in [9.17, 15) is 4.79 Å². The number of piperidine rings is 1. The lowest BCUT2D eigenvalue weighted by Crippen LogP contribution is -2.48. The Morgan fingerprint density at radius 1 is 1.53 bits per heavy atom.